The molecule has 0 aliphatic carbocycles. The molecular weight excluding hydrogens is 211 g/mol. The molecule has 0 fully saturated rings. The van der Waals surface area contributed by atoms with E-state index < -0.39 is 0 Å². The van der Waals surface area contributed by atoms with Gasteiger partial charge in [0.05, 0.1) is 0 Å². The summed E-state index contributed by atoms with van der Waals surface area (Å²) in [6, 6.07) is 0. The molecule has 58 valence electrons. The molecule has 0 aromatic carbocycles. The Balaban J connectivity index is 3.21. The van der Waals surface area contributed by atoms with Gasteiger partial charge in [0, 0.05) is 10.4 Å². The molecule has 0 rings (SSSR count). The summed E-state index contributed by atoms with van der Waals surface area (Å²) in [5.74, 6) is 0. The molecule has 0 saturated carbocycles. The van der Waals surface area contributed by atoms with Crippen LogP contribution in [0.2, 0.25) is 0 Å². The van der Waals surface area contributed by atoms with Gasteiger partial charge in [-0.2, -0.15) is 0 Å². The standard InChI is InChI=1S/C8H12BrCl/c1-8(10)6-4-2-3-5-7-9/h3,5-6H,2,4,7H2,1H3/b5-3-,8-6-. The highest BCUT2D eigenvalue weighted by Gasteiger charge is 1.79. The number of hydrogen-bond acceptors (Lipinski definition) is 0. The highest BCUT2D eigenvalue weighted by molar-refractivity contribution is 9.09. The van der Waals surface area contributed by atoms with Gasteiger partial charge in [0.2, 0.25) is 0 Å². The zero-order valence-corrected chi connectivity index (χ0v) is 8.45. The minimum absolute atomic E-state index is 0.882. The van der Waals surface area contributed by atoms with Crippen LogP contribution >= 0.6 is 27.5 Å². The molecular formula is C8H12BrCl. The number of alkyl halides is 1. The minimum Gasteiger partial charge on any atom is -0.0898 e. The molecule has 0 aromatic heterocycles. The van der Waals surface area contributed by atoms with E-state index in [1.165, 1.54) is 0 Å². The Kier molecular flexibility index (Phi) is 7.54. The average molecular weight is 224 g/mol. The molecule has 0 heterocycles. The van der Waals surface area contributed by atoms with E-state index in [4.69, 9.17) is 11.6 Å². The summed E-state index contributed by atoms with van der Waals surface area (Å²) < 4.78 is 0. The molecule has 10 heavy (non-hydrogen) atoms. The van der Waals surface area contributed by atoms with Gasteiger partial charge in [-0.15, -0.1) is 0 Å². The van der Waals surface area contributed by atoms with Crippen LogP contribution in [0.3, 0.4) is 0 Å². The first kappa shape index (κ1) is 10.2. The fourth-order valence-electron chi connectivity index (χ4n) is 0.559. The Bertz CT molecular complexity index is 123. The molecule has 0 aliphatic heterocycles. The lowest BCUT2D eigenvalue weighted by atomic mass is 10.3. The molecule has 0 atom stereocenters. The van der Waals surface area contributed by atoms with Crippen LogP contribution in [0, 0.1) is 0 Å². The van der Waals surface area contributed by atoms with Crippen molar-refractivity contribution in [3.05, 3.63) is 23.3 Å². The maximum atomic E-state index is 5.62. The Morgan fingerprint density at radius 1 is 1.40 bits per heavy atom. The van der Waals surface area contributed by atoms with Crippen LogP contribution in [0.5, 0.6) is 0 Å². The largest absolute Gasteiger partial charge is 0.0898 e. The van der Waals surface area contributed by atoms with Crippen molar-refractivity contribution >= 4 is 27.5 Å². The summed E-state index contributed by atoms with van der Waals surface area (Å²) in [6.07, 6.45) is 8.39. The van der Waals surface area contributed by atoms with Gasteiger partial charge in [0.25, 0.3) is 0 Å². The van der Waals surface area contributed by atoms with E-state index in [1.807, 2.05) is 13.0 Å². The highest BCUT2D eigenvalue weighted by atomic mass is 79.9. The third-order valence-electron chi connectivity index (χ3n) is 1.01. The second-order valence-electron chi connectivity index (χ2n) is 1.99. The first-order chi connectivity index (χ1) is 4.77. The summed E-state index contributed by atoms with van der Waals surface area (Å²) in [7, 11) is 0. The van der Waals surface area contributed by atoms with Crippen LogP contribution < -0.4 is 0 Å². The van der Waals surface area contributed by atoms with Gasteiger partial charge in [0.15, 0.2) is 0 Å². The van der Waals surface area contributed by atoms with Gasteiger partial charge in [-0.05, 0) is 19.8 Å². The summed E-state index contributed by atoms with van der Waals surface area (Å²) in [5, 5.41) is 1.82. The number of halogens is 2. The second kappa shape index (κ2) is 7.36. The molecule has 0 nitrogen and oxygen atoms in total. The number of hydrogen-bond donors (Lipinski definition) is 0. The predicted octanol–water partition coefficient (Wildman–Crippen LogP) is 3.86. The zero-order chi connectivity index (χ0) is 7.82. The van der Waals surface area contributed by atoms with Gasteiger partial charge in [-0.1, -0.05) is 45.8 Å². The van der Waals surface area contributed by atoms with Crippen molar-refractivity contribution in [2.75, 3.05) is 5.33 Å². The third kappa shape index (κ3) is 8.25. The monoisotopic (exact) mass is 222 g/mol. The van der Waals surface area contributed by atoms with Crippen LogP contribution in [-0.2, 0) is 0 Å². The third-order valence-corrected chi connectivity index (χ3v) is 1.54. The Morgan fingerprint density at radius 2 is 2.10 bits per heavy atom. The van der Waals surface area contributed by atoms with Crippen molar-refractivity contribution in [3.63, 3.8) is 0 Å². The van der Waals surface area contributed by atoms with Crippen LogP contribution in [0.15, 0.2) is 23.3 Å². The average Bonchev–Trinajstić information content (AvgIpc) is 1.87. The van der Waals surface area contributed by atoms with Crippen molar-refractivity contribution in [2.24, 2.45) is 0 Å². The molecule has 0 N–H and O–H groups in total. The van der Waals surface area contributed by atoms with E-state index in [0.717, 1.165) is 23.2 Å². The Morgan fingerprint density at radius 3 is 2.60 bits per heavy atom. The minimum atomic E-state index is 0.882. The van der Waals surface area contributed by atoms with Crippen LogP contribution in [0.25, 0.3) is 0 Å². The maximum absolute atomic E-state index is 5.62. The van der Waals surface area contributed by atoms with Crippen LogP contribution in [0.1, 0.15) is 19.8 Å². The fraction of sp³-hybridized carbons (Fsp3) is 0.500. The topological polar surface area (TPSA) is 0 Å². The SMILES string of the molecule is C/C(Cl)=C/CC/C=C\CBr. The van der Waals surface area contributed by atoms with Gasteiger partial charge >= 0.3 is 0 Å². The van der Waals surface area contributed by atoms with Crippen molar-refractivity contribution in [1.82, 2.24) is 0 Å². The van der Waals surface area contributed by atoms with E-state index in [1.54, 1.807) is 0 Å². The lowest BCUT2D eigenvalue weighted by molar-refractivity contribution is 1.04. The van der Waals surface area contributed by atoms with Gasteiger partial charge in [0.1, 0.15) is 0 Å². The number of unbranched alkanes of at least 4 members (excludes halogenated alkanes) is 1. The predicted molar refractivity (Wildman–Crippen MR) is 51.8 cm³/mol. The fourth-order valence-corrected chi connectivity index (χ4v) is 0.933. The Labute approximate surface area is 76.1 Å². The van der Waals surface area contributed by atoms with Gasteiger partial charge < -0.3 is 0 Å². The summed E-state index contributed by atoms with van der Waals surface area (Å²) >= 11 is 8.92. The molecule has 0 bridgehead atoms. The van der Waals surface area contributed by atoms with Crippen molar-refractivity contribution in [1.29, 1.82) is 0 Å². The lowest BCUT2D eigenvalue weighted by Gasteiger charge is -1.86. The first-order valence-electron chi connectivity index (χ1n) is 3.30. The molecule has 2 heteroatoms. The van der Waals surface area contributed by atoms with E-state index in [0.29, 0.717) is 0 Å². The molecule has 0 aromatic rings. The van der Waals surface area contributed by atoms with Crippen LogP contribution in [-0.4, -0.2) is 5.33 Å². The molecule has 0 spiro atoms. The molecule has 0 aliphatic rings. The number of rotatable bonds is 4. The van der Waals surface area contributed by atoms with Gasteiger partial charge in [-0.25, -0.2) is 0 Å². The summed E-state index contributed by atoms with van der Waals surface area (Å²) in [4.78, 5) is 0. The second-order valence-corrected chi connectivity index (χ2v) is 3.24. The van der Waals surface area contributed by atoms with Gasteiger partial charge in [-0.3, -0.25) is 0 Å². The van der Waals surface area contributed by atoms with E-state index in [9.17, 15) is 0 Å². The number of allylic oxidation sites excluding steroid dienone is 4. The van der Waals surface area contributed by atoms with Crippen LogP contribution in [0.4, 0.5) is 0 Å². The Hall–Kier alpha value is 0.250. The molecule has 0 amide bonds. The van der Waals surface area contributed by atoms with Crippen molar-refractivity contribution in [3.8, 4) is 0 Å². The lowest BCUT2D eigenvalue weighted by Crippen LogP contribution is -1.66. The molecule has 0 saturated heterocycles. The van der Waals surface area contributed by atoms with E-state index >= 15 is 0 Å². The maximum Gasteiger partial charge on any atom is 0.0212 e. The normalized spacial score (nSPS) is 12.9. The molecule has 0 radical (unpaired) electrons. The van der Waals surface area contributed by atoms with E-state index in [-0.39, 0.29) is 0 Å². The smallest absolute Gasteiger partial charge is 0.0212 e. The summed E-state index contributed by atoms with van der Waals surface area (Å²) in [5.41, 5.74) is 0. The van der Waals surface area contributed by atoms with E-state index in [2.05, 4.69) is 28.1 Å². The first-order valence-corrected chi connectivity index (χ1v) is 4.80. The molecule has 0 unspecified atom stereocenters. The zero-order valence-electron chi connectivity index (χ0n) is 6.11. The highest BCUT2D eigenvalue weighted by Crippen LogP contribution is 2.02. The van der Waals surface area contributed by atoms with Crippen molar-refractivity contribution in [2.45, 2.75) is 19.8 Å². The quantitative estimate of drug-likeness (QED) is 0.386. The van der Waals surface area contributed by atoms with Crippen molar-refractivity contribution < 1.29 is 0 Å². The summed E-state index contributed by atoms with van der Waals surface area (Å²) in [6.45, 7) is 1.90.